The van der Waals surface area contributed by atoms with Crippen LogP contribution in [0.3, 0.4) is 0 Å². The zero-order valence-corrected chi connectivity index (χ0v) is 13.1. The number of hydrogen-bond acceptors (Lipinski definition) is 2. The number of aromatic nitrogens is 1. The third-order valence-electron chi connectivity index (χ3n) is 2.83. The van der Waals surface area contributed by atoms with Gasteiger partial charge >= 0.3 is 0 Å². The first-order valence-electron chi connectivity index (χ1n) is 5.79. The predicted octanol–water partition coefficient (Wildman–Crippen LogP) is 5.50. The van der Waals surface area contributed by atoms with Crippen molar-refractivity contribution in [2.45, 2.75) is 0 Å². The third kappa shape index (κ3) is 2.80. The van der Waals surface area contributed by atoms with Crippen LogP contribution in [0.5, 0.6) is 0 Å². The zero-order valence-electron chi connectivity index (χ0n) is 9.90. The number of pyridine rings is 1. The molecule has 94 valence electrons. The summed E-state index contributed by atoms with van der Waals surface area (Å²) < 4.78 is 2.11. The maximum absolute atomic E-state index is 4.38. The van der Waals surface area contributed by atoms with Gasteiger partial charge in [0.1, 0.15) is 0 Å². The summed E-state index contributed by atoms with van der Waals surface area (Å²) in [6, 6.07) is 16.2. The van der Waals surface area contributed by atoms with Gasteiger partial charge in [-0.3, -0.25) is 4.98 Å². The minimum Gasteiger partial charge on any atom is -0.355 e. The molecule has 0 amide bonds. The smallest absolute Gasteiger partial charge is 0.0734 e. The molecule has 0 aliphatic heterocycles. The normalized spacial score (nSPS) is 10.6. The highest BCUT2D eigenvalue weighted by molar-refractivity contribution is 9.10. The Balaban J connectivity index is 2.03. The van der Waals surface area contributed by atoms with E-state index in [-0.39, 0.29) is 0 Å². The Hall–Kier alpha value is -1.39. The molecular formula is C15H10Br2N2. The monoisotopic (exact) mass is 376 g/mol. The summed E-state index contributed by atoms with van der Waals surface area (Å²) in [5.74, 6) is 0. The van der Waals surface area contributed by atoms with Gasteiger partial charge in [0.2, 0.25) is 0 Å². The van der Waals surface area contributed by atoms with Crippen LogP contribution in [0.2, 0.25) is 0 Å². The molecule has 0 atom stereocenters. The van der Waals surface area contributed by atoms with Crippen molar-refractivity contribution in [3.8, 4) is 0 Å². The molecular weight excluding hydrogens is 368 g/mol. The molecule has 0 unspecified atom stereocenters. The predicted molar refractivity (Wildman–Crippen MR) is 86.9 cm³/mol. The summed E-state index contributed by atoms with van der Waals surface area (Å²) in [5, 5.41) is 4.52. The molecule has 0 aliphatic rings. The molecule has 0 saturated carbocycles. The van der Waals surface area contributed by atoms with Crippen LogP contribution in [-0.4, -0.2) is 4.98 Å². The summed E-state index contributed by atoms with van der Waals surface area (Å²) in [7, 11) is 0. The average Bonchev–Trinajstić information content (AvgIpc) is 2.41. The Kier molecular flexibility index (Phi) is 3.53. The summed E-state index contributed by atoms with van der Waals surface area (Å²) in [6.07, 6.45) is 1.82. The van der Waals surface area contributed by atoms with Crippen molar-refractivity contribution in [2.75, 3.05) is 5.32 Å². The molecule has 1 aromatic heterocycles. The second-order valence-electron chi connectivity index (χ2n) is 4.15. The van der Waals surface area contributed by atoms with Crippen molar-refractivity contribution >= 4 is 54.1 Å². The van der Waals surface area contributed by atoms with Crippen molar-refractivity contribution in [3.05, 3.63) is 63.7 Å². The number of fused-ring (bicyclic) bond motifs is 1. The molecule has 2 nitrogen and oxygen atoms in total. The average molecular weight is 378 g/mol. The third-order valence-corrected chi connectivity index (χ3v) is 3.85. The van der Waals surface area contributed by atoms with E-state index >= 15 is 0 Å². The first kappa shape index (κ1) is 12.6. The molecule has 0 saturated heterocycles. The minimum atomic E-state index is 0.969. The quantitative estimate of drug-likeness (QED) is 0.637. The van der Waals surface area contributed by atoms with Crippen LogP contribution >= 0.6 is 31.9 Å². The Morgan fingerprint density at radius 1 is 0.842 bits per heavy atom. The van der Waals surface area contributed by atoms with Gasteiger partial charge in [-0.1, -0.05) is 31.9 Å². The Morgan fingerprint density at radius 3 is 2.37 bits per heavy atom. The van der Waals surface area contributed by atoms with Crippen molar-refractivity contribution < 1.29 is 0 Å². The van der Waals surface area contributed by atoms with E-state index in [1.165, 1.54) is 0 Å². The largest absolute Gasteiger partial charge is 0.355 e. The zero-order chi connectivity index (χ0) is 13.2. The summed E-state index contributed by atoms with van der Waals surface area (Å²) in [4.78, 5) is 4.38. The van der Waals surface area contributed by atoms with Crippen molar-refractivity contribution in [1.82, 2.24) is 4.98 Å². The second kappa shape index (κ2) is 5.31. The SMILES string of the molecule is Brc1ccc(Nc2ccnc3cc(Br)ccc23)cc1. The molecule has 4 heteroatoms. The van der Waals surface area contributed by atoms with E-state index in [0.29, 0.717) is 0 Å². The first-order chi connectivity index (χ1) is 9.22. The van der Waals surface area contributed by atoms with E-state index in [2.05, 4.69) is 48.2 Å². The van der Waals surface area contributed by atoms with E-state index < -0.39 is 0 Å². The van der Waals surface area contributed by atoms with Gasteiger partial charge in [0, 0.05) is 31.9 Å². The Morgan fingerprint density at radius 2 is 1.58 bits per heavy atom. The lowest BCUT2D eigenvalue weighted by Gasteiger charge is -2.09. The fourth-order valence-corrected chi connectivity index (χ4v) is 2.53. The summed E-state index contributed by atoms with van der Waals surface area (Å²) in [5.41, 5.74) is 3.08. The van der Waals surface area contributed by atoms with Crippen LogP contribution < -0.4 is 5.32 Å². The molecule has 3 rings (SSSR count). The lowest BCUT2D eigenvalue weighted by Crippen LogP contribution is -1.92. The first-order valence-corrected chi connectivity index (χ1v) is 7.38. The van der Waals surface area contributed by atoms with Gasteiger partial charge in [-0.2, -0.15) is 0 Å². The lowest BCUT2D eigenvalue weighted by atomic mass is 10.2. The van der Waals surface area contributed by atoms with Crippen LogP contribution in [0.4, 0.5) is 11.4 Å². The van der Waals surface area contributed by atoms with E-state index in [4.69, 9.17) is 0 Å². The van der Waals surface area contributed by atoms with Crippen LogP contribution in [0.25, 0.3) is 10.9 Å². The highest BCUT2D eigenvalue weighted by Gasteiger charge is 2.03. The Labute approximate surface area is 128 Å². The minimum absolute atomic E-state index is 0.969. The lowest BCUT2D eigenvalue weighted by molar-refractivity contribution is 1.40. The molecule has 0 radical (unpaired) electrons. The number of halogens is 2. The van der Waals surface area contributed by atoms with E-state index in [1.807, 2.05) is 48.7 Å². The van der Waals surface area contributed by atoms with E-state index in [9.17, 15) is 0 Å². The van der Waals surface area contributed by atoms with Gasteiger partial charge in [-0.05, 0) is 48.5 Å². The molecule has 2 aromatic carbocycles. The van der Waals surface area contributed by atoms with Crippen molar-refractivity contribution in [1.29, 1.82) is 0 Å². The van der Waals surface area contributed by atoms with E-state index in [1.54, 1.807) is 0 Å². The number of rotatable bonds is 2. The highest BCUT2D eigenvalue weighted by Crippen LogP contribution is 2.27. The topological polar surface area (TPSA) is 24.9 Å². The molecule has 1 heterocycles. The van der Waals surface area contributed by atoms with Crippen LogP contribution in [0, 0.1) is 0 Å². The van der Waals surface area contributed by atoms with Crippen LogP contribution in [0.15, 0.2) is 63.7 Å². The second-order valence-corrected chi connectivity index (χ2v) is 5.98. The highest BCUT2D eigenvalue weighted by atomic mass is 79.9. The molecule has 1 N–H and O–H groups in total. The van der Waals surface area contributed by atoms with Crippen LogP contribution in [0.1, 0.15) is 0 Å². The van der Waals surface area contributed by atoms with Gasteiger partial charge in [0.05, 0.1) is 5.52 Å². The number of hydrogen-bond donors (Lipinski definition) is 1. The molecule has 19 heavy (non-hydrogen) atoms. The number of nitrogens with one attached hydrogen (secondary N) is 1. The summed E-state index contributed by atoms with van der Waals surface area (Å²) >= 11 is 6.90. The number of anilines is 2. The van der Waals surface area contributed by atoms with Gasteiger partial charge in [-0.25, -0.2) is 0 Å². The maximum atomic E-state index is 4.38. The molecule has 3 aromatic rings. The summed E-state index contributed by atoms with van der Waals surface area (Å²) in [6.45, 7) is 0. The molecule has 0 aliphatic carbocycles. The fourth-order valence-electron chi connectivity index (χ4n) is 1.92. The van der Waals surface area contributed by atoms with Crippen molar-refractivity contribution in [3.63, 3.8) is 0 Å². The number of nitrogens with zero attached hydrogens (tertiary/aromatic N) is 1. The molecule has 0 fully saturated rings. The maximum Gasteiger partial charge on any atom is 0.0734 e. The molecule has 0 spiro atoms. The van der Waals surface area contributed by atoms with Gasteiger partial charge in [-0.15, -0.1) is 0 Å². The van der Waals surface area contributed by atoms with Gasteiger partial charge < -0.3 is 5.32 Å². The van der Waals surface area contributed by atoms with Crippen molar-refractivity contribution in [2.24, 2.45) is 0 Å². The van der Waals surface area contributed by atoms with E-state index in [0.717, 1.165) is 31.2 Å². The Bertz CT molecular complexity index is 724. The fraction of sp³-hybridized carbons (Fsp3) is 0. The molecule has 0 bridgehead atoms. The van der Waals surface area contributed by atoms with Gasteiger partial charge in [0.15, 0.2) is 0 Å². The van der Waals surface area contributed by atoms with Crippen LogP contribution in [-0.2, 0) is 0 Å². The standard InChI is InChI=1S/C15H10Br2N2/c16-10-1-4-12(5-2-10)19-14-7-8-18-15-9-11(17)3-6-13(14)15/h1-9H,(H,18,19). The van der Waals surface area contributed by atoms with Gasteiger partial charge in [0.25, 0.3) is 0 Å². The number of benzene rings is 2.